The molecule has 0 radical (unpaired) electrons. The molecule has 2 aliphatic rings. The van der Waals surface area contributed by atoms with E-state index in [1.807, 2.05) is 0 Å². The van der Waals surface area contributed by atoms with Crippen molar-refractivity contribution in [1.82, 2.24) is 4.90 Å². The number of hydrogen-bond acceptors (Lipinski definition) is 3. The SMILES string of the molecule is O=C1CC(Nc2cc(Cl)ccc2Cl)C(=O)N1C1CC1. The zero-order valence-electron chi connectivity index (χ0n) is 10.0. The molecule has 0 aromatic heterocycles. The number of carbonyl (C=O) groups is 2. The Morgan fingerprint density at radius 2 is 1.95 bits per heavy atom. The number of anilines is 1. The fourth-order valence-electron chi connectivity index (χ4n) is 2.28. The number of carbonyl (C=O) groups excluding carboxylic acids is 2. The predicted octanol–water partition coefficient (Wildman–Crippen LogP) is 2.70. The largest absolute Gasteiger partial charge is 0.372 e. The van der Waals surface area contributed by atoms with Crippen LogP contribution in [-0.4, -0.2) is 28.8 Å². The summed E-state index contributed by atoms with van der Waals surface area (Å²) < 4.78 is 0. The van der Waals surface area contributed by atoms with E-state index in [1.54, 1.807) is 18.2 Å². The maximum absolute atomic E-state index is 12.2. The number of hydrogen-bond donors (Lipinski definition) is 1. The quantitative estimate of drug-likeness (QED) is 0.873. The van der Waals surface area contributed by atoms with Gasteiger partial charge in [-0.2, -0.15) is 0 Å². The van der Waals surface area contributed by atoms with Gasteiger partial charge >= 0.3 is 0 Å². The lowest BCUT2D eigenvalue weighted by Gasteiger charge is -2.16. The molecule has 1 heterocycles. The Morgan fingerprint density at radius 3 is 2.63 bits per heavy atom. The maximum Gasteiger partial charge on any atom is 0.252 e. The molecule has 2 fully saturated rings. The molecule has 100 valence electrons. The summed E-state index contributed by atoms with van der Waals surface area (Å²) in [4.78, 5) is 25.4. The third-order valence-corrected chi connectivity index (χ3v) is 3.92. The fourth-order valence-corrected chi connectivity index (χ4v) is 2.62. The number of benzene rings is 1. The molecular formula is C13H12Cl2N2O2. The van der Waals surface area contributed by atoms with Crippen molar-refractivity contribution in [3.63, 3.8) is 0 Å². The van der Waals surface area contributed by atoms with Crippen LogP contribution in [0, 0.1) is 0 Å². The summed E-state index contributed by atoms with van der Waals surface area (Å²) in [5.41, 5.74) is 0.581. The van der Waals surface area contributed by atoms with Gasteiger partial charge in [-0.05, 0) is 31.0 Å². The lowest BCUT2D eigenvalue weighted by molar-refractivity contribution is -0.139. The maximum atomic E-state index is 12.2. The van der Waals surface area contributed by atoms with E-state index < -0.39 is 6.04 Å². The molecular weight excluding hydrogens is 287 g/mol. The number of likely N-dealkylation sites (tertiary alicyclic amines) is 1. The number of nitrogens with zero attached hydrogens (tertiary/aromatic N) is 1. The molecule has 19 heavy (non-hydrogen) atoms. The van der Waals surface area contributed by atoms with Crippen LogP contribution in [0.25, 0.3) is 0 Å². The van der Waals surface area contributed by atoms with Gasteiger partial charge in [-0.25, -0.2) is 0 Å². The van der Waals surface area contributed by atoms with Crippen LogP contribution in [0.1, 0.15) is 19.3 Å². The van der Waals surface area contributed by atoms with Gasteiger partial charge in [0.1, 0.15) is 6.04 Å². The molecule has 1 atom stereocenters. The minimum Gasteiger partial charge on any atom is -0.372 e. The van der Waals surface area contributed by atoms with Crippen LogP contribution in [0.5, 0.6) is 0 Å². The highest BCUT2D eigenvalue weighted by Gasteiger charge is 2.46. The summed E-state index contributed by atoms with van der Waals surface area (Å²) in [5.74, 6) is -0.272. The monoisotopic (exact) mass is 298 g/mol. The van der Waals surface area contributed by atoms with Gasteiger partial charge in [0.25, 0.3) is 5.91 Å². The van der Waals surface area contributed by atoms with Crippen LogP contribution in [0.3, 0.4) is 0 Å². The molecule has 1 aliphatic carbocycles. The third-order valence-electron chi connectivity index (χ3n) is 3.35. The van der Waals surface area contributed by atoms with Crippen molar-refractivity contribution in [3.05, 3.63) is 28.2 Å². The topological polar surface area (TPSA) is 49.4 Å². The minimum atomic E-state index is -0.538. The molecule has 1 aromatic rings. The highest BCUT2D eigenvalue weighted by molar-refractivity contribution is 6.35. The first-order valence-corrected chi connectivity index (χ1v) is 6.89. The van der Waals surface area contributed by atoms with E-state index in [2.05, 4.69) is 5.32 Å². The van der Waals surface area contributed by atoms with Crippen LogP contribution >= 0.6 is 23.2 Å². The van der Waals surface area contributed by atoms with Gasteiger partial charge in [-0.15, -0.1) is 0 Å². The van der Waals surface area contributed by atoms with Gasteiger partial charge < -0.3 is 5.32 Å². The highest BCUT2D eigenvalue weighted by Crippen LogP contribution is 2.33. The molecule has 1 unspecified atom stereocenters. The van der Waals surface area contributed by atoms with E-state index in [0.717, 1.165) is 12.8 Å². The molecule has 3 rings (SSSR count). The van der Waals surface area contributed by atoms with Crippen molar-refractivity contribution in [2.24, 2.45) is 0 Å². The van der Waals surface area contributed by atoms with Crippen LogP contribution < -0.4 is 5.32 Å². The second-order valence-corrected chi connectivity index (χ2v) is 5.70. The number of rotatable bonds is 3. The average molecular weight is 299 g/mol. The Balaban J connectivity index is 1.78. The van der Waals surface area contributed by atoms with E-state index in [-0.39, 0.29) is 24.3 Å². The first-order chi connectivity index (χ1) is 9.06. The summed E-state index contributed by atoms with van der Waals surface area (Å²) in [6.45, 7) is 0. The molecule has 0 spiro atoms. The number of nitrogens with one attached hydrogen (secondary N) is 1. The molecule has 6 heteroatoms. The summed E-state index contributed by atoms with van der Waals surface area (Å²) in [6.07, 6.45) is 2.02. The standard InChI is InChI=1S/C13H12Cl2N2O2/c14-7-1-4-9(15)10(5-7)16-11-6-12(18)17(13(11)19)8-2-3-8/h1,4-5,8,11,16H,2-3,6H2. The Hall–Kier alpha value is -1.26. The Kier molecular flexibility index (Phi) is 3.15. The van der Waals surface area contributed by atoms with Crippen molar-refractivity contribution in [2.45, 2.75) is 31.3 Å². The van der Waals surface area contributed by atoms with Gasteiger partial charge in [0.05, 0.1) is 17.1 Å². The van der Waals surface area contributed by atoms with Crippen molar-refractivity contribution >= 4 is 40.7 Å². The normalized spacial score (nSPS) is 23.1. The van der Waals surface area contributed by atoms with Crippen molar-refractivity contribution in [2.75, 3.05) is 5.32 Å². The predicted molar refractivity (Wildman–Crippen MR) is 73.4 cm³/mol. The van der Waals surface area contributed by atoms with E-state index >= 15 is 0 Å². The van der Waals surface area contributed by atoms with Gasteiger partial charge in [-0.1, -0.05) is 23.2 Å². The molecule has 4 nitrogen and oxygen atoms in total. The van der Waals surface area contributed by atoms with E-state index in [4.69, 9.17) is 23.2 Å². The van der Waals surface area contributed by atoms with Gasteiger partial charge in [0, 0.05) is 11.1 Å². The number of amides is 2. The molecule has 1 N–H and O–H groups in total. The van der Waals surface area contributed by atoms with E-state index in [0.29, 0.717) is 15.7 Å². The highest BCUT2D eigenvalue weighted by atomic mass is 35.5. The smallest absolute Gasteiger partial charge is 0.252 e. The van der Waals surface area contributed by atoms with Gasteiger partial charge in [-0.3, -0.25) is 14.5 Å². The van der Waals surface area contributed by atoms with Crippen molar-refractivity contribution in [1.29, 1.82) is 0 Å². The van der Waals surface area contributed by atoms with Gasteiger partial charge in [0.15, 0.2) is 0 Å². The van der Waals surface area contributed by atoms with Crippen LogP contribution in [0.2, 0.25) is 10.0 Å². The molecule has 0 bridgehead atoms. The first-order valence-electron chi connectivity index (χ1n) is 6.14. The first kappa shape index (κ1) is 12.8. The Labute approximate surface area is 120 Å². The zero-order valence-corrected chi connectivity index (χ0v) is 11.5. The molecule has 1 saturated carbocycles. The third kappa shape index (κ3) is 2.42. The summed E-state index contributed by atoms with van der Waals surface area (Å²) in [6, 6.07) is 4.56. The second-order valence-electron chi connectivity index (χ2n) is 4.86. The number of halogens is 2. The van der Waals surface area contributed by atoms with Crippen LogP contribution in [0.15, 0.2) is 18.2 Å². The molecule has 1 saturated heterocycles. The average Bonchev–Trinajstić information content (AvgIpc) is 3.13. The van der Waals surface area contributed by atoms with E-state index in [1.165, 1.54) is 4.90 Å². The minimum absolute atomic E-state index is 0.108. The van der Waals surface area contributed by atoms with Crippen LogP contribution in [-0.2, 0) is 9.59 Å². The summed E-state index contributed by atoms with van der Waals surface area (Å²) in [5, 5.41) is 4.03. The summed E-state index contributed by atoms with van der Waals surface area (Å²) >= 11 is 11.9. The van der Waals surface area contributed by atoms with Crippen LogP contribution in [0.4, 0.5) is 5.69 Å². The Morgan fingerprint density at radius 1 is 1.21 bits per heavy atom. The molecule has 1 aromatic carbocycles. The van der Waals surface area contributed by atoms with Crippen molar-refractivity contribution < 1.29 is 9.59 Å². The molecule has 1 aliphatic heterocycles. The van der Waals surface area contributed by atoms with Crippen molar-refractivity contribution in [3.8, 4) is 0 Å². The Bertz CT molecular complexity index is 558. The zero-order chi connectivity index (χ0) is 13.6. The fraction of sp³-hybridized carbons (Fsp3) is 0.385. The van der Waals surface area contributed by atoms with E-state index in [9.17, 15) is 9.59 Å². The second kappa shape index (κ2) is 4.69. The number of imide groups is 1. The molecule has 2 amide bonds. The summed E-state index contributed by atoms with van der Waals surface area (Å²) in [7, 11) is 0. The van der Waals surface area contributed by atoms with Gasteiger partial charge in [0.2, 0.25) is 5.91 Å². The lowest BCUT2D eigenvalue weighted by Crippen LogP contribution is -2.36. The lowest BCUT2D eigenvalue weighted by atomic mass is 10.2.